The van der Waals surface area contributed by atoms with Crippen molar-refractivity contribution in [3.05, 3.63) is 33.8 Å². The molecular weight excluding hydrogens is 322 g/mol. The maximum absolute atomic E-state index is 6.08. The van der Waals surface area contributed by atoms with Crippen LogP contribution < -0.4 is 9.47 Å². The van der Waals surface area contributed by atoms with Gasteiger partial charge in [-0.25, -0.2) is 0 Å². The average molecular weight is 342 g/mol. The number of aromatic nitrogens is 2. The van der Waals surface area contributed by atoms with Crippen LogP contribution in [0.5, 0.6) is 11.5 Å². The van der Waals surface area contributed by atoms with Gasteiger partial charge in [0, 0.05) is 24.6 Å². The van der Waals surface area contributed by atoms with Crippen molar-refractivity contribution in [1.29, 1.82) is 0 Å². The number of benzene rings is 1. The Balaban J connectivity index is 2.09. The van der Waals surface area contributed by atoms with Gasteiger partial charge >= 0.3 is 0 Å². The minimum Gasteiger partial charge on any atom is -0.493 e. The van der Waals surface area contributed by atoms with Crippen molar-refractivity contribution in [2.75, 3.05) is 20.3 Å². The molecule has 0 aliphatic carbocycles. The SMILES string of the molecule is CCOc1ccc(CN(CC)Cc2nnsc2Cl)cc1OC. The van der Waals surface area contributed by atoms with E-state index in [1.165, 1.54) is 11.5 Å². The van der Waals surface area contributed by atoms with Gasteiger partial charge in [0.05, 0.1) is 13.7 Å². The highest BCUT2D eigenvalue weighted by atomic mass is 35.5. The van der Waals surface area contributed by atoms with Gasteiger partial charge in [-0.1, -0.05) is 29.1 Å². The summed E-state index contributed by atoms with van der Waals surface area (Å²) in [6.07, 6.45) is 0. The molecule has 0 N–H and O–H groups in total. The van der Waals surface area contributed by atoms with E-state index in [0.717, 1.165) is 35.8 Å². The zero-order chi connectivity index (χ0) is 15.9. The summed E-state index contributed by atoms with van der Waals surface area (Å²) < 4.78 is 15.5. The lowest BCUT2D eigenvalue weighted by molar-refractivity contribution is 0.266. The van der Waals surface area contributed by atoms with E-state index in [1.807, 2.05) is 19.1 Å². The van der Waals surface area contributed by atoms with Gasteiger partial charge in [-0.2, -0.15) is 0 Å². The monoisotopic (exact) mass is 341 g/mol. The predicted molar refractivity (Wildman–Crippen MR) is 88.9 cm³/mol. The standard InChI is InChI=1S/C15H20ClN3O2S/c1-4-19(10-12-15(16)22-18-17-12)9-11-6-7-13(21-5-2)14(8-11)20-3/h6-8H,4-5,9-10H2,1-3H3. The van der Waals surface area contributed by atoms with Gasteiger partial charge in [-0.05, 0) is 31.2 Å². The zero-order valence-electron chi connectivity index (χ0n) is 13.0. The van der Waals surface area contributed by atoms with Crippen molar-refractivity contribution in [3.8, 4) is 11.5 Å². The Kier molecular flexibility index (Phi) is 6.42. The van der Waals surface area contributed by atoms with E-state index in [0.29, 0.717) is 17.5 Å². The van der Waals surface area contributed by atoms with E-state index in [2.05, 4.69) is 27.5 Å². The molecule has 22 heavy (non-hydrogen) atoms. The molecule has 0 aliphatic heterocycles. The zero-order valence-corrected chi connectivity index (χ0v) is 14.6. The molecule has 0 spiro atoms. The quantitative estimate of drug-likeness (QED) is 0.734. The molecule has 0 radical (unpaired) electrons. The van der Waals surface area contributed by atoms with E-state index < -0.39 is 0 Å². The van der Waals surface area contributed by atoms with Gasteiger partial charge in [0.25, 0.3) is 0 Å². The highest BCUT2D eigenvalue weighted by Crippen LogP contribution is 2.29. The summed E-state index contributed by atoms with van der Waals surface area (Å²) in [6.45, 7) is 7.04. The Morgan fingerprint density at radius 2 is 2.05 bits per heavy atom. The molecule has 0 bridgehead atoms. The molecule has 1 heterocycles. The van der Waals surface area contributed by atoms with Crippen LogP contribution in [-0.2, 0) is 13.1 Å². The van der Waals surface area contributed by atoms with Crippen LogP contribution in [0.1, 0.15) is 25.1 Å². The third-order valence-electron chi connectivity index (χ3n) is 3.26. The van der Waals surface area contributed by atoms with Crippen LogP contribution in [0.3, 0.4) is 0 Å². The summed E-state index contributed by atoms with van der Waals surface area (Å²) >= 11 is 7.30. The van der Waals surface area contributed by atoms with Crippen LogP contribution >= 0.6 is 23.1 Å². The summed E-state index contributed by atoms with van der Waals surface area (Å²) in [7, 11) is 1.65. The van der Waals surface area contributed by atoms with Gasteiger partial charge in [0.2, 0.25) is 0 Å². The first-order valence-electron chi connectivity index (χ1n) is 7.16. The lowest BCUT2D eigenvalue weighted by atomic mass is 10.2. The third-order valence-corrected chi connectivity index (χ3v) is 4.25. The molecule has 2 rings (SSSR count). The molecule has 1 aromatic heterocycles. The van der Waals surface area contributed by atoms with Crippen LogP contribution in [0.25, 0.3) is 0 Å². The summed E-state index contributed by atoms with van der Waals surface area (Å²) in [5.41, 5.74) is 1.98. The van der Waals surface area contributed by atoms with Crippen LogP contribution in [0, 0.1) is 0 Å². The molecule has 2 aromatic rings. The Labute approximate surface area is 140 Å². The summed E-state index contributed by atoms with van der Waals surface area (Å²) in [6, 6.07) is 6.01. The first kappa shape index (κ1) is 17.0. The molecule has 5 nitrogen and oxygen atoms in total. The Morgan fingerprint density at radius 3 is 2.64 bits per heavy atom. The Bertz CT molecular complexity index is 606. The molecule has 1 aromatic carbocycles. The fraction of sp³-hybridized carbons (Fsp3) is 0.467. The normalized spacial score (nSPS) is 11.0. The molecule has 0 unspecified atom stereocenters. The van der Waals surface area contributed by atoms with Crippen molar-refractivity contribution in [2.45, 2.75) is 26.9 Å². The average Bonchev–Trinajstić information content (AvgIpc) is 2.93. The highest BCUT2D eigenvalue weighted by Gasteiger charge is 2.12. The second-order valence-electron chi connectivity index (χ2n) is 4.71. The van der Waals surface area contributed by atoms with E-state index in [9.17, 15) is 0 Å². The van der Waals surface area contributed by atoms with Gasteiger partial charge in [-0.15, -0.1) is 5.10 Å². The number of halogens is 1. The van der Waals surface area contributed by atoms with Crippen molar-refractivity contribution in [2.24, 2.45) is 0 Å². The fourth-order valence-corrected chi connectivity index (χ4v) is 2.74. The van der Waals surface area contributed by atoms with Crippen LogP contribution in [0.4, 0.5) is 0 Å². The Morgan fingerprint density at radius 1 is 1.23 bits per heavy atom. The second kappa shape index (κ2) is 8.31. The maximum Gasteiger partial charge on any atom is 0.161 e. The van der Waals surface area contributed by atoms with Crippen molar-refractivity contribution < 1.29 is 9.47 Å². The van der Waals surface area contributed by atoms with E-state index in [1.54, 1.807) is 7.11 Å². The van der Waals surface area contributed by atoms with Gasteiger partial charge in [-0.3, -0.25) is 4.90 Å². The van der Waals surface area contributed by atoms with Gasteiger partial charge in [0.15, 0.2) is 11.5 Å². The number of methoxy groups -OCH3 is 1. The lowest BCUT2D eigenvalue weighted by Gasteiger charge is -2.20. The Hall–Kier alpha value is -1.37. The number of hydrogen-bond acceptors (Lipinski definition) is 6. The third kappa shape index (κ3) is 4.32. The first-order chi connectivity index (χ1) is 10.7. The molecule has 7 heteroatoms. The molecule has 0 amide bonds. The minimum atomic E-state index is 0.617. The summed E-state index contributed by atoms with van der Waals surface area (Å²) in [5, 5.41) is 4.07. The largest absolute Gasteiger partial charge is 0.493 e. The molecule has 120 valence electrons. The minimum absolute atomic E-state index is 0.617. The van der Waals surface area contributed by atoms with Crippen LogP contribution in [0.2, 0.25) is 4.34 Å². The number of rotatable bonds is 8. The first-order valence-corrected chi connectivity index (χ1v) is 8.31. The predicted octanol–water partition coefficient (Wildman–Crippen LogP) is 3.62. The van der Waals surface area contributed by atoms with E-state index in [-0.39, 0.29) is 0 Å². The van der Waals surface area contributed by atoms with E-state index >= 15 is 0 Å². The second-order valence-corrected chi connectivity index (χ2v) is 6.07. The lowest BCUT2D eigenvalue weighted by Crippen LogP contribution is -2.22. The fourth-order valence-electron chi connectivity index (χ4n) is 2.13. The van der Waals surface area contributed by atoms with Gasteiger partial charge in [0.1, 0.15) is 10.0 Å². The van der Waals surface area contributed by atoms with Crippen LogP contribution in [-0.4, -0.2) is 34.7 Å². The molecule has 0 saturated carbocycles. The van der Waals surface area contributed by atoms with E-state index in [4.69, 9.17) is 21.1 Å². The van der Waals surface area contributed by atoms with Crippen LogP contribution in [0.15, 0.2) is 18.2 Å². The highest BCUT2D eigenvalue weighted by molar-refractivity contribution is 7.10. The van der Waals surface area contributed by atoms with Crippen molar-refractivity contribution in [3.63, 3.8) is 0 Å². The number of hydrogen-bond donors (Lipinski definition) is 0. The summed E-state index contributed by atoms with van der Waals surface area (Å²) in [5.74, 6) is 1.52. The molecule has 0 fully saturated rings. The summed E-state index contributed by atoms with van der Waals surface area (Å²) in [4.78, 5) is 2.25. The van der Waals surface area contributed by atoms with Gasteiger partial charge < -0.3 is 9.47 Å². The molecule has 0 aliphatic rings. The molecular formula is C15H20ClN3O2S. The number of nitrogens with zero attached hydrogens (tertiary/aromatic N) is 3. The smallest absolute Gasteiger partial charge is 0.161 e. The maximum atomic E-state index is 6.08. The molecule has 0 atom stereocenters. The topological polar surface area (TPSA) is 47.5 Å². The number of ether oxygens (including phenoxy) is 2. The van der Waals surface area contributed by atoms with Crippen molar-refractivity contribution >= 4 is 23.1 Å². The van der Waals surface area contributed by atoms with Crippen molar-refractivity contribution in [1.82, 2.24) is 14.5 Å². The molecule has 0 saturated heterocycles.